The lowest BCUT2D eigenvalue weighted by molar-refractivity contribution is 0.227. The minimum absolute atomic E-state index is 0.116. The van der Waals surface area contributed by atoms with Crippen LogP contribution in [0.5, 0.6) is 0 Å². The minimum Gasteiger partial charge on any atom is -0.312 e. The van der Waals surface area contributed by atoms with Crippen molar-refractivity contribution in [3.05, 3.63) is 0 Å². The molecule has 19 heavy (non-hydrogen) atoms. The lowest BCUT2D eigenvalue weighted by atomic mass is 9.80. The zero-order chi connectivity index (χ0) is 15.2. The summed E-state index contributed by atoms with van der Waals surface area (Å²) in [4.78, 5) is 0. The van der Waals surface area contributed by atoms with Gasteiger partial charge in [0.05, 0.1) is 5.75 Å². The normalized spacial score (nSPS) is 16.3. The van der Waals surface area contributed by atoms with Crippen LogP contribution in [0.2, 0.25) is 0 Å². The first-order valence-electron chi connectivity index (χ1n) is 7.49. The van der Waals surface area contributed by atoms with Crippen LogP contribution in [-0.2, 0) is 9.84 Å². The molecule has 0 fully saturated rings. The first-order valence-corrected chi connectivity index (χ1v) is 9.31. The molecule has 0 amide bonds. The largest absolute Gasteiger partial charge is 0.312 e. The quantitative estimate of drug-likeness (QED) is 0.708. The highest BCUT2D eigenvalue weighted by molar-refractivity contribution is 7.91. The molecule has 0 aliphatic rings. The van der Waals surface area contributed by atoms with E-state index >= 15 is 0 Å². The molecule has 1 N–H and O–H groups in total. The third-order valence-electron chi connectivity index (χ3n) is 3.57. The molecule has 0 aliphatic heterocycles. The molecule has 4 heteroatoms. The maximum atomic E-state index is 11.5. The fourth-order valence-corrected chi connectivity index (χ4v) is 3.12. The van der Waals surface area contributed by atoms with Crippen LogP contribution < -0.4 is 5.32 Å². The molecule has 1 unspecified atom stereocenters. The van der Waals surface area contributed by atoms with E-state index in [-0.39, 0.29) is 16.7 Å². The Bertz CT molecular complexity index is 344. The van der Waals surface area contributed by atoms with E-state index < -0.39 is 9.84 Å². The summed E-state index contributed by atoms with van der Waals surface area (Å²) in [5.74, 6) is 0.593. The van der Waals surface area contributed by atoms with Crippen LogP contribution in [-0.4, -0.2) is 32.0 Å². The maximum absolute atomic E-state index is 11.5. The second-order valence-corrected chi connectivity index (χ2v) is 9.48. The van der Waals surface area contributed by atoms with Gasteiger partial charge in [-0.15, -0.1) is 0 Å². The van der Waals surface area contributed by atoms with Crippen molar-refractivity contribution in [2.24, 2.45) is 5.41 Å². The molecule has 0 aromatic rings. The van der Waals surface area contributed by atoms with E-state index in [0.717, 1.165) is 32.2 Å². The average molecular weight is 292 g/mol. The van der Waals surface area contributed by atoms with Gasteiger partial charge in [-0.05, 0) is 45.4 Å². The summed E-state index contributed by atoms with van der Waals surface area (Å²) in [5, 5.41) is 3.56. The predicted octanol–water partition coefficient (Wildman–Crippen LogP) is 3.40. The fraction of sp³-hybridized carbons (Fsp3) is 1.00. The Morgan fingerprint density at radius 2 is 1.58 bits per heavy atom. The summed E-state index contributed by atoms with van der Waals surface area (Å²) in [5.41, 5.74) is 0.315. The van der Waals surface area contributed by atoms with Crippen LogP contribution in [0.4, 0.5) is 0 Å². The molecule has 0 heterocycles. The molecule has 0 aromatic heterocycles. The topological polar surface area (TPSA) is 46.2 Å². The van der Waals surface area contributed by atoms with Gasteiger partial charge in [0.2, 0.25) is 0 Å². The van der Waals surface area contributed by atoms with Gasteiger partial charge in [0.1, 0.15) is 9.84 Å². The highest BCUT2D eigenvalue weighted by atomic mass is 32.2. The summed E-state index contributed by atoms with van der Waals surface area (Å²) in [6, 6.07) is 0. The molecule has 1 atom stereocenters. The molecule has 0 aromatic carbocycles. The lowest BCUT2D eigenvalue weighted by Gasteiger charge is -2.33. The molecule has 0 rings (SSSR count). The van der Waals surface area contributed by atoms with Crippen LogP contribution in [0.15, 0.2) is 0 Å². The lowest BCUT2D eigenvalue weighted by Crippen LogP contribution is -2.43. The van der Waals surface area contributed by atoms with Gasteiger partial charge < -0.3 is 5.32 Å². The highest BCUT2D eigenvalue weighted by Gasteiger charge is 2.25. The number of hydrogen-bond donors (Lipinski definition) is 1. The van der Waals surface area contributed by atoms with Crippen molar-refractivity contribution >= 4 is 9.84 Å². The van der Waals surface area contributed by atoms with Gasteiger partial charge in [-0.25, -0.2) is 8.42 Å². The number of rotatable bonds is 9. The van der Waals surface area contributed by atoms with Crippen molar-refractivity contribution in [1.29, 1.82) is 0 Å². The third kappa shape index (κ3) is 9.44. The van der Waals surface area contributed by atoms with Crippen molar-refractivity contribution in [2.45, 2.75) is 72.8 Å². The van der Waals surface area contributed by atoms with Crippen LogP contribution in [0.25, 0.3) is 0 Å². The number of nitrogens with one attached hydrogen (secondary N) is 1. The maximum Gasteiger partial charge on any atom is 0.150 e. The zero-order valence-electron chi connectivity index (χ0n) is 13.7. The SMILES string of the molecule is CCCC(C)(CCCS(=O)(=O)CC)CNC(C)(C)C. The zero-order valence-corrected chi connectivity index (χ0v) is 14.5. The van der Waals surface area contributed by atoms with E-state index in [2.05, 4.69) is 39.9 Å². The molecule has 0 radical (unpaired) electrons. The van der Waals surface area contributed by atoms with Gasteiger partial charge in [0.15, 0.2) is 0 Å². The van der Waals surface area contributed by atoms with E-state index in [1.165, 1.54) is 0 Å². The van der Waals surface area contributed by atoms with E-state index in [1.807, 2.05) is 0 Å². The van der Waals surface area contributed by atoms with E-state index in [9.17, 15) is 8.42 Å². The Hall–Kier alpha value is -0.0900. The monoisotopic (exact) mass is 291 g/mol. The van der Waals surface area contributed by atoms with Gasteiger partial charge in [-0.2, -0.15) is 0 Å². The summed E-state index contributed by atoms with van der Waals surface area (Å²) in [6.07, 6.45) is 4.03. The Morgan fingerprint density at radius 3 is 2.00 bits per heavy atom. The summed E-state index contributed by atoms with van der Waals surface area (Å²) in [7, 11) is -2.82. The Kier molecular flexibility index (Phi) is 7.59. The second kappa shape index (κ2) is 7.63. The summed E-state index contributed by atoms with van der Waals surface area (Å²) in [6.45, 7) is 13.6. The van der Waals surface area contributed by atoms with E-state index in [1.54, 1.807) is 6.92 Å². The molecule has 3 nitrogen and oxygen atoms in total. The average Bonchev–Trinajstić information content (AvgIpc) is 2.26. The van der Waals surface area contributed by atoms with Crippen LogP contribution in [0.3, 0.4) is 0 Å². The first-order chi connectivity index (χ1) is 8.54. The summed E-state index contributed by atoms with van der Waals surface area (Å²) >= 11 is 0. The standard InChI is InChI=1S/C15H33NO2S/c1-7-10-15(6,13-16-14(3,4)5)11-9-12-19(17,18)8-2/h16H,7-13H2,1-6H3. The second-order valence-electron chi connectivity index (χ2n) is 7.00. The fourth-order valence-electron chi connectivity index (χ4n) is 2.25. The van der Waals surface area contributed by atoms with Crippen molar-refractivity contribution in [3.63, 3.8) is 0 Å². The van der Waals surface area contributed by atoms with Gasteiger partial charge in [-0.1, -0.05) is 27.2 Å². The molecule has 0 aliphatic carbocycles. The highest BCUT2D eigenvalue weighted by Crippen LogP contribution is 2.29. The Morgan fingerprint density at radius 1 is 1.00 bits per heavy atom. The van der Waals surface area contributed by atoms with Crippen molar-refractivity contribution in [3.8, 4) is 0 Å². The molecule has 116 valence electrons. The van der Waals surface area contributed by atoms with Gasteiger partial charge in [-0.3, -0.25) is 0 Å². The molecule has 0 saturated carbocycles. The van der Waals surface area contributed by atoms with Gasteiger partial charge in [0.25, 0.3) is 0 Å². The Balaban J connectivity index is 4.38. The molecular weight excluding hydrogens is 258 g/mol. The van der Waals surface area contributed by atoms with Crippen LogP contribution >= 0.6 is 0 Å². The Labute approximate surface area is 120 Å². The number of hydrogen-bond acceptors (Lipinski definition) is 3. The number of sulfone groups is 1. The smallest absolute Gasteiger partial charge is 0.150 e. The van der Waals surface area contributed by atoms with Crippen molar-refractivity contribution in [1.82, 2.24) is 5.32 Å². The van der Waals surface area contributed by atoms with E-state index in [4.69, 9.17) is 0 Å². The third-order valence-corrected chi connectivity index (χ3v) is 5.36. The minimum atomic E-state index is -2.82. The predicted molar refractivity (Wildman–Crippen MR) is 84.3 cm³/mol. The van der Waals surface area contributed by atoms with Crippen LogP contribution in [0, 0.1) is 5.41 Å². The molecule has 0 saturated heterocycles. The molecule has 0 bridgehead atoms. The molecule has 0 spiro atoms. The first kappa shape index (κ1) is 18.9. The van der Waals surface area contributed by atoms with Crippen LogP contribution in [0.1, 0.15) is 67.2 Å². The van der Waals surface area contributed by atoms with Gasteiger partial charge in [0, 0.05) is 17.8 Å². The van der Waals surface area contributed by atoms with Gasteiger partial charge >= 0.3 is 0 Å². The molecular formula is C15H33NO2S. The van der Waals surface area contributed by atoms with Crippen molar-refractivity contribution in [2.75, 3.05) is 18.1 Å². The van der Waals surface area contributed by atoms with Crippen molar-refractivity contribution < 1.29 is 8.42 Å². The van der Waals surface area contributed by atoms with E-state index in [0.29, 0.717) is 5.75 Å². The summed E-state index contributed by atoms with van der Waals surface area (Å²) < 4.78 is 23.1.